The molecular weight excluding hydrogens is 234 g/mol. The summed E-state index contributed by atoms with van der Waals surface area (Å²) in [5.41, 5.74) is 0.556. The Bertz CT molecular complexity index is 375. The number of hydrogen-bond donors (Lipinski definition) is 1. The van der Waals surface area contributed by atoms with Crippen LogP contribution in [-0.2, 0) is 9.47 Å². The van der Waals surface area contributed by atoms with E-state index in [-0.39, 0.29) is 12.2 Å². The van der Waals surface area contributed by atoms with Gasteiger partial charge < -0.3 is 19.7 Å². The molecule has 0 atom stereocenters. The summed E-state index contributed by atoms with van der Waals surface area (Å²) in [6.45, 7) is 0.487. The van der Waals surface area contributed by atoms with Gasteiger partial charge in [-0.25, -0.2) is 4.98 Å². The van der Waals surface area contributed by atoms with Crippen LogP contribution in [0.1, 0.15) is 10.4 Å². The van der Waals surface area contributed by atoms with Gasteiger partial charge in [0.1, 0.15) is 5.82 Å². The Hall–Kier alpha value is -1.66. The molecule has 1 rings (SSSR count). The second-order valence-corrected chi connectivity index (χ2v) is 3.91. The highest BCUT2D eigenvalue weighted by Gasteiger charge is 2.09. The number of carbonyl (C=O) groups excluding carboxylic acids is 1. The molecule has 0 bridgehead atoms. The molecule has 1 aromatic heterocycles. The molecule has 0 aromatic carbocycles. The molecule has 1 heterocycles. The lowest BCUT2D eigenvalue weighted by molar-refractivity contribution is -0.0914. The lowest BCUT2D eigenvalue weighted by atomic mass is 10.2. The maximum Gasteiger partial charge on any atom is 0.254 e. The number of nitrogens with zero attached hydrogens (tertiary/aromatic N) is 2. The van der Waals surface area contributed by atoms with Crippen molar-refractivity contribution in [1.82, 2.24) is 9.88 Å². The molecule has 1 N–H and O–H groups in total. The van der Waals surface area contributed by atoms with Crippen LogP contribution in [0.5, 0.6) is 0 Å². The van der Waals surface area contributed by atoms with Crippen LogP contribution in [0.4, 0.5) is 5.82 Å². The molecule has 0 saturated heterocycles. The topological polar surface area (TPSA) is 63.7 Å². The van der Waals surface area contributed by atoms with E-state index in [1.807, 2.05) is 0 Å². The Kier molecular flexibility index (Phi) is 5.54. The molecule has 0 aliphatic rings. The molecule has 0 unspecified atom stereocenters. The second-order valence-electron chi connectivity index (χ2n) is 3.91. The maximum atomic E-state index is 11.6. The molecule has 1 aromatic rings. The first-order chi connectivity index (χ1) is 8.58. The number of aromatic nitrogens is 1. The van der Waals surface area contributed by atoms with Crippen molar-refractivity contribution >= 4 is 11.7 Å². The third kappa shape index (κ3) is 3.97. The average Bonchev–Trinajstić information content (AvgIpc) is 2.39. The summed E-state index contributed by atoms with van der Waals surface area (Å²) in [6, 6.07) is 3.48. The van der Waals surface area contributed by atoms with Crippen molar-refractivity contribution in [2.24, 2.45) is 0 Å². The van der Waals surface area contributed by atoms with Gasteiger partial charge in [-0.3, -0.25) is 4.79 Å². The van der Waals surface area contributed by atoms with Crippen LogP contribution >= 0.6 is 0 Å². The van der Waals surface area contributed by atoms with E-state index in [1.165, 1.54) is 4.90 Å². The van der Waals surface area contributed by atoms with Gasteiger partial charge in [0, 0.05) is 34.5 Å². The van der Waals surface area contributed by atoms with E-state index >= 15 is 0 Å². The van der Waals surface area contributed by atoms with Crippen LogP contribution in [0.15, 0.2) is 18.3 Å². The van der Waals surface area contributed by atoms with Gasteiger partial charge in [0.25, 0.3) is 5.91 Å². The van der Waals surface area contributed by atoms with Crippen LogP contribution in [0.3, 0.4) is 0 Å². The van der Waals surface area contributed by atoms with Crippen molar-refractivity contribution in [3.8, 4) is 0 Å². The minimum Gasteiger partial charge on any atom is -0.365 e. The molecule has 6 nitrogen and oxygen atoms in total. The van der Waals surface area contributed by atoms with E-state index in [1.54, 1.807) is 46.6 Å². The Morgan fingerprint density at radius 2 is 2.06 bits per heavy atom. The lowest BCUT2D eigenvalue weighted by Crippen LogP contribution is -2.24. The molecule has 0 fully saturated rings. The molecule has 0 aliphatic heterocycles. The number of rotatable bonds is 6. The largest absolute Gasteiger partial charge is 0.365 e. The van der Waals surface area contributed by atoms with Crippen molar-refractivity contribution in [3.63, 3.8) is 0 Å². The van der Waals surface area contributed by atoms with Crippen molar-refractivity contribution in [2.45, 2.75) is 6.29 Å². The summed E-state index contributed by atoms with van der Waals surface area (Å²) in [5, 5.41) is 3.06. The average molecular weight is 253 g/mol. The smallest absolute Gasteiger partial charge is 0.254 e. The van der Waals surface area contributed by atoms with E-state index in [9.17, 15) is 4.79 Å². The van der Waals surface area contributed by atoms with Gasteiger partial charge in [0.2, 0.25) is 0 Å². The van der Waals surface area contributed by atoms with Crippen LogP contribution in [0, 0.1) is 0 Å². The molecule has 6 heteroatoms. The van der Waals surface area contributed by atoms with E-state index in [0.717, 1.165) is 0 Å². The van der Waals surface area contributed by atoms with Crippen LogP contribution in [-0.4, -0.2) is 56.9 Å². The molecular formula is C12H19N3O3. The first kappa shape index (κ1) is 14.4. The Morgan fingerprint density at radius 3 is 2.50 bits per heavy atom. The number of ether oxygens (including phenoxy) is 2. The summed E-state index contributed by atoms with van der Waals surface area (Å²) >= 11 is 0. The third-order valence-corrected chi connectivity index (χ3v) is 2.39. The Morgan fingerprint density at radius 1 is 1.39 bits per heavy atom. The van der Waals surface area contributed by atoms with Gasteiger partial charge in [0.05, 0.1) is 12.1 Å². The first-order valence-corrected chi connectivity index (χ1v) is 5.55. The van der Waals surface area contributed by atoms with Gasteiger partial charge in [-0.05, 0) is 12.1 Å². The number of carbonyl (C=O) groups is 1. The molecule has 1 amide bonds. The van der Waals surface area contributed by atoms with Gasteiger partial charge in [-0.2, -0.15) is 0 Å². The zero-order valence-electron chi connectivity index (χ0n) is 11.1. The number of methoxy groups -OCH3 is 2. The molecule has 18 heavy (non-hydrogen) atoms. The molecule has 0 spiro atoms. The standard InChI is InChI=1S/C12H19N3O3/c1-15(2)12(16)9-5-6-10(13-7-9)14-8-11(17-3)18-4/h5-7,11H,8H2,1-4H3,(H,13,14). The quantitative estimate of drug-likeness (QED) is 0.760. The SMILES string of the molecule is COC(CNc1ccc(C(=O)N(C)C)cn1)OC. The van der Waals surface area contributed by atoms with E-state index in [0.29, 0.717) is 17.9 Å². The molecule has 0 aliphatic carbocycles. The number of hydrogen-bond acceptors (Lipinski definition) is 5. The van der Waals surface area contributed by atoms with Crippen molar-refractivity contribution < 1.29 is 14.3 Å². The highest BCUT2D eigenvalue weighted by molar-refractivity contribution is 5.93. The fraction of sp³-hybridized carbons (Fsp3) is 0.500. The summed E-state index contributed by atoms with van der Waals surface area (Å²) in [5.74, 6) is 0.602. The molecule has 100 valence electrons. The van der Waals surface area contributed by atoms with Crippen molar-refractivity contribution in [3.05, 3.63) is 23.9 Å². The van der Waals surface area contributed by atoms with Crippen LogP contribution in [0.2, 0.25) is 0 Å². The zero-order chi connectivity index (χ0) is 13.5. The predicted octanol–water partition coefficient (Wildman–Crippen LogP) is 0.814. The Balaban J connectivity index is 2.58. The minimum absolute atomic E-state index is 0.0688. The normalized spacial score (nSPS) is 10.5. The van der Waals surface area contributed by atoms with Crippen LogP contribution < -0.4 is 5.32 Å². The highest BCUT2D eigenvalue weighted by atomic mass is 16.7. The highest BCUT2D eigenvalue weighted by Crippen LogP contribution is 2.07. The molecule has 0 saturated carbocycles. The lowest BCUT2D eigenvalue weighted by Gasteiger charge is -2.14. The number of nitrogens with one attached hydrogen (secondary N) is 1. The summed E-state index contributed by atoms with van der Waals surface area (Å²) in [6.07, 6.45) is 1.22. The van der Waals surface area contributed by atoms with Gasteiger partial charge >= 0.3 is 0 Å². The number of pyridine rings is 1. The monoisotopic (exact) mass is 253 g/mol. The van der Waals surface area contributed by atoms with Gasteiger partial charge in [-0.15, -0.1) is 0 Å². The van der Waals surface area contributed by atoms with Gasteiger partial charge in [-0.1, -0.05) is 0 Å². The van der Waals surface area contributed by atoms with E-state index in [4.69, 9.17) is 9.47 Å². The fourth-order valence-corrected chi connectivity index (χ4v) is 1.33. The zero-order valence-corrected chi connectivity index (χ0v) is 11.1. The van der Waals surface area contributed by atoms with Crippen LogP contribution in [0.25, 0.3) is 0 Å². The fourth-order valence-electron chi connectivity index (χ4n) is 1.33. The second kappa shape index (κ2) is 6.93. The predicted molar refractivity (Wildman–Crippen MR) is 68.6 cm³/mol. The van der Waals surface area contributed by atoms with E-state index in [2.05, 4.69) is 10.3 Å². The number of anilines is 1. The van der Waals surface area contributed by atoms with Crippen molar-refractivity contribution in [1.29, 1.82) is 0 Å². The van der Waals surface area contributed by atoms with E-state index < -0.39 is 0 Å². The Labute approximate surface area is 107 Å². The summed E-state index contributed by atoms with van der Waals surface area (Å²) in [7, 11) is 6.55. The van der Waals surface area contributed by atoms with Crippen molar-refractivity contribution in [2.75, 3.05) is 40.2 Å². The maximum absolute atomic E-state index is 11.6. The summed E-state index contributed by atoms with van der Waals surface area (Å²) < 4.78 is 10.1. The number of amides is 1. The minimum atomic E-state index is -0.324. The first-order valence-electron chi connectivity index (χ1n) is 5.55. The third-order valence-electron chi connectivity index (χ3n) is 2.39. The van der Waals surface area contributed by atoms with Gasteiger partial charge in [0.15, 0.2) is 6.29 Å². The summed E-state index contributed by atoms with van der Waals surface area (Å²) in [4.78, 5) is 17.3. The molecule has 0 radical (unpaired) electrons.